The zero-order valence-corrected chi connectivity index (χ0v) is 8.70. The van der Waals surface area contributed by atoms with Crippen LogP contribution in [0.5, 0.6) is 0 Å². The third-order valence-corrected chi connectivity index (χ3v) is 3.41. The van der Waals surface area contributed by atoms with Crippen molar-refractivity contribution >= 4 is 5.91 Å². The van der Waals surface area contributed by atoms with Gasteiger partial charge in [-0.25, -0.2) is 0 Å². The highest BCUT2D eigenvalue weighted by molar-refractivity contribution is 5.95. The van der Waals surface area contributed by atoms with Gasteiger partial charge in [-0.05, 0) is 54.7 Å². The van der Waals surface area contributed by atoms with E-state index >= 15 is 0 Å². The van der Waals surface area contributed by atoms with E-state index in [4.69, 9.17) is 5.73 Å². The van der Waals surface area contributed by atoms with Crippen LogP contribution in [0.15, 0.2) is 18.2 Å². The number of hydrogen-bond acceptors (Lipinski definition) is 1. The molecule has 0 unspecified atom stereocenters. The predicted octanol–water partition coefficient (Wildman–Crippen LogP) is 2.54. The lowest BCUT2D eigenvalue weighted by Crippen LogP contribution is -2.14. The van der Waals surface area contributed by atoms with Gasteiger partial charge in [0.1, 0.15) is 0 Å². The van der Waals surface area contributed by atoms with Gasteiger partial charge in [-0.3, -0.25) is 4.79 Å². The summed E-state index contributed by atoms with van der Waals surface area (Å²) in [6.07, 6.45) is 5.01. The number of carbonyl (C=O) groups is 1. The zero-order chi connectivity index (χ0) is 10.4. The van der Waals surface area contributed by atoms with Crippen molar-refractivity contribution in [3.8, 4) is 0 Å². The van der Waals surface area contributed by atoms with Crippen molar-refractivity contribution in [2.24, 2.45) is 5.73 Å². The van der Waals surface area contributed by atoms with E-state index in [0.29, 0.717) is 11.8 Å². The summed E-state index contributed by atoms with van der Waals surface area (Å²) in [4.78, 5) is 11.4. The van der Waals surface area contributed by atoms with E-state index in [-0.39, 0.29) is 5.91 Å². The summed E-state index contributed by atoms with van der Waals surface area (Å²) < 4.78 is 0. The molecule has 15 heavy (non-hydrogen) atoms. The molecular formula is C13H15NO. The lowest BCUT2D eigenvalue weighted by molar-refractivity contribution is 0.0999. The quantitative estimate of drug-likeness (QED) is 0.802. The van der Waals surface area contributed by atoms with Crippen molar-refractivity contribution in [2.45, 2.75) is 37.5 Å². The molecule has 1 aromatic carbocycles. The Kier molecular flexibility index (Phi) is 1.84. The molecule has 2 saturated carbocycles. The Bertz CT molecular complexity index is 417. The molecule has 1 aromatic rings. The van der Waals surface area contributed by atoms with Crippen molar-refractivity contribution in [3.05, 3.63) is 34.9 Å². The minimum absolute atomic E-state index is 0.264. The average Bonchev–Trinajstić information content (AvgIpc) is 3.08. The van der Waals surface area contributed by atoms with Crippen LogP contribution in [-0.2, 0) is 0 Å². The van der Waals surface area contributed by atoms with Gasteiger partial charge >= 0.3 is 0 Å². The van der Waals surface area contributed by atoms with Gasteiger partial charge in [0.15, 0.2) is 0 Å². The van der Waals surface area contributed by atoms with Gasteiger partial charge in [0, 0.05) is 5.56 Å². The minimum Gasteiger partial charge on any atom is -0.366 e. The van der Waals surface area contributed by atoms with Crippen LogP contribution in [0, 0.1) is 0 Å². The number of carbonyl (C=O) groups excluding carboxylic acids is 1. The summed E-state index contributed by atoms with van der Waals surface area (Å²) in [6, 6.07) is 6.03. The van der Waals surface area contributed by atoms with Crippen molar-refractivity contribution in [2.75, 3.05) is 0 Å². The molecule has 2 nitrogen and oxygen atoms in total. The van der Waals surface area contributed by atoms with Gasteiger partial charge in [0.25, 0.3) is 0 Å². The van der Waals surface area contributed by atoms with Gasteiger partial charge in [-0.1, -0.05) is 12.1 Å². The lowest BCUT2D eigenvalue weighted by Gasteiger charge is -2.11. The largest absolute Gasteiger partial charge is 0.366 e. The summed E-state index contributed by atoms with van der Waals surface area (Å²) >= 11 is 0. The molecule has 0 aliphatic heterocycles. The van der Waals surface area contributed by atoms with Gasteiger partial charge in [0.05, 0.1) is 0 Å². The molecule has 2 aliphatic rings. The molecule has 0 atom stereocenters. The van der Waals surface area contributed by atoms with Gasteiger partial charge in [0.2, 0.25) is 5.91 Å². The van der Waals surface area contributed by atoms with Gasteiger partial charge < -0.3 is 5.73 Å². The molecule has 3 rings (SSSR count). The Labute approximate surface area is 89.5 Å². The fourth-order valence-corrected chi connectivity index (χ4v) is 2.38. The molecule has 78 valence electrons. The maximum Gasteiger partial charge on any atom is 0.248 e. The fourth-order valence-electron chi connectivity index (χ4n) is 2.38. The number of primary amides is 1. The van der Waals surface area contributed by atoms with Crippen LogP contribution >= 0.6 is 0 Å². The van der Waals surface area contributed by atoms with E-state index < -0.39 is 0 Å². The van der Waals surface area contributed by atoms with E-state index in [1.165, 1.54) is 36.8 Å². The number of benzene rings is 1. The van der Waals surface area contributed by atoms with Crippen molar-refractivity contribution < 1.29 is 4.79 Å². The van der Waals surface area contributed by atoms with Crippen molar-refractivity contribution in [1.82, 2.24) is 0 Å². The maximum atomic E-state index is 11.4. The molecule has 0 radical (unpaired) electrons. The van der Waals surface area contributed by atoms with Gasteiger partial charge in [-0.15, -0.1) is 0 Å². The van der Waals surface area contributed by atoms with Gasteiger partial charge in [-0.2, -0.15) is 0 Å². The normalized spacial score (nSPS) is 20.3. The van der Waals surface area contributed by atoms with Crippen LogP contribution in [0.1, 0.15) is 59.0 Å². The van der Waals surface area contributed by atoms with Crippen LogP contribution in [0.2, 0.25) is 0 Å². The first-order valence-electron chi connectivity index (χ1n) is 5.70. The number of nitrogens with two attached hydrogens (primary N) is 1. The maximum absolute atomic E-state index is 11.4. The molecule has 2 heteroatoms. The second-order valence-electron chi connectivity index (χ2n) is 4.72. The number of rotatable bonds is 3. The van der Waals surface area contributed by atoms with Crippen LogP contribution in [0.25, 0.3) is 0 Å². The Hall–Kier alpha value is -1.31. The number of amides is 1. The van der Waals surface area contributed by atoms with E-state index in [1.54, 1.807) is 0 Å². The second kappa shape index (κ2) is 3.09. The zero-order valence-electron chi connectivity index (χ0n) is 8.70. The summed E-state index contributed by atoms with van der Waals surface area (Å²) in [5, 5.41) is 0. The Morgan fingerprint density at radius 2 is 1.80 bits per heavy atom. The second-order valence-corrected chi connectivity index (χ2v) is 4.72. The van der Waals surface area contributed by atoms with Crippen LogP contribution in [0.3, 0.4) is 0 Å². The molecule has 0 saturated heterocycles. The van der Waals surface area contributed by atoms with E-state index in [1.807, 2.05) is 12.1 Å². The SMILES string of the molecule is NC(=O)c1cccc(C2CC2)c1C1CC1. The fraction of sp³-hybridized carbons (Fsp3) is 0.462. The first-order chi connectivity index (χ1) is 7.27. The highest BCUT2D eigenvalue weighted by atomic mass is 16.1. The predicted molar refractivity (Wildman–Crippen MR) is 58.9 cm³/mol. The third kappa shape index (κ3) is 1.54. The van der Waals surface area contributed by atoms with Crippen molar-refractivity contribution in [3.63, 3.8) is 0 Å². The summed E-state index contributed by atoms with van der Waals surface area (Å²) in [7, 11) is 0. The molecule has 0 spiro atoms. The molecule has 2 N–H and O–H groups in total. The highest BCUT2D eigenvalue weighted by Crippen LogP contribution is 2.50. The highest BCUT2D eigenvalue weighted by Gasteiger charge is 2.34. The van der Waals surface area contributed by atoms with E-state index in [9.17, 15) is 4.79 Å². The summed E-state index contributed by atoms with van der Waals surface area (Å²) in [5.41, 5.74) is 8.86. The topological polar surface area (TPSA) is 43.1 Å². The molecule has 1 amide bonds. The van der Waals surface area contributed by atoms with E-state index in [0.717, 1.165) is 5.56 Å². The Balaban J connectivity index is 2.12. The van der Waals surface area contributed by atoms with Crippen LogP contribution in [-0.4, -0.2) is 5.91 Å². The Morgan fingerprint density at radius 1 is 1.13 bits per heavy atom. The van der Waals surface area contributed by atoms with E-state index in [2.05, 4.69) is 6.07 Å². The molecule has 0 bridgehead atoms. The average molecular weight is 201 g/mol. The molecule has 0 heterocycles. The minimum atomic E-state index is -0.264. The molecule has 0 aromatic heterocycles. The standard InChI is InChI=1S/C13H15NO/c14-13(15)11-3-1-2-10(8-4-5-8)12(11)9-6-7-9/h1-3,8-9H,4-7H2,(H2,14,15). The summed E-state index contributed by atoms with van der Waals surface area (Å²) in [5.74, 6) is 1.06. The first-order valence-corrected chi connectivity index (χ1v) is 5.70. The lowest BCUT2D eigenvalue weighted by atomic mass is 9.94. The Morgan fingerprint density at radius 3 is 2.33 bits per heavy atom. The van der Waals surface area contributed by atoms with Crippen LogP contribution < -0.4 is 5.73 Å². The third-order valence-electron chi connectivity index (χ3n) is 3.41. The van der Waals surface area contributed by atoms with Crippen LogP contribution in [0.4, 0.5) is 0 Å². The summed E-state index contributed by atoms with van der Waals surface area (Å²) in [6.45, 7) is 0. The molecular weight excluding hydrogens is 186 g/mol. The molecule has 2 aliphatic carbocycles. The molecule has 2 fully saturated rings. The monoisotopic (exact) mass is 201 g/mol. The number of hydrogen-bond donors (Lipinski definition) is 1. The van der Waals surface area contributed by atoms with Crippen molar-refractivity contribution in [1.29, 1.82) is 0 Å². The smallest absolute Gasteiger partial charge is 0.248 e. The first kappa shape index (κ1) is 8.96.